The molecule has 0 aliphatic heterocycles. The Morgan fingerprint density at radius 2 is 1.88 bits per heavy atom. The van der Waals surface area contributed by atoms with Gasteiger partial charge in [0, 0.05) is 12.1 Å². The zero-order valence-corrected chi connectivity index (χ0v) is 10.4. The summed E-state index contributed by atoms with van der Waals surface area (Å²) in [5.41, 5.74) is 1.53. The fourth-order valence-corrected chi connectivity index (χ4v) is 1.70. The van der Waals surface area contributed by atoms with Crippen molar-refractivity contribution >= 4 is 0 Å². The summed E-state index contributed by atoms with van der Waals surface area (Å²) in [5, 5.41) is 12.2. The molecule has 0 saturated heterocycles. The van der Waals surface area contributed by atoms with Crippen LogP contribution in [-0.4, -0.2) is 23.8 Å². The van der Waals surface area contributed by atoms with Gasteiger partial charge in [0.2, 0.25) is 0 Å². The van der Waals surface area contributed by atoms with Crippen molar-refractivity contribution in [3.05, 3.63) is 35.9 Å². The van der Waals surface area contributed by atoms with E-state index in [1.807, 2.05) is 6.07 Å². The summed E-state index contributed by atoms with van der Waals surface area (Å²) >= 11 is 0. The molecule has 2 N–H and O–H groups in total. The van der Waals surface area contributed by atoms with Gasteiger partial charge in [0.15, 0.2) is 0 Å². The minimum Gasteiger partial charge on any atom is -0.396 e. The molecule has 0 spiro atoms. The summed E-state index contributed by atoms with van der Waals surface area (Å²) in [6.07, 6.45) is 3.04. The lowest BCUT2D eigenvalue weighted by molar-refractivity contribution is 0.272. The summed E-state index contributed by atoms with van der Waals surface area (Å²) in [6.45, 7) is 5.58. The Kier molecular flexibility index (Phi) is 5.50. The van der Waals surface area contributed by atoms with Crippen LogP contribution in [0.25, 0.3) is 0 Å². The van der Waals surface area contributed by atoms with Crippen LogP contribution in [0.2, 0.25) is 0 Å². The van der Waals surface area contributed by atoms with Crippen molar-refractivity contribution in [1.29, 1.82) is 0 Å². The maximum Gasteiger partial charge on any atom is 0.0443 e. The van der Waals surface area contributed by atoms with Gasteiger partial charge in [0.05, 0.1) is 0 Å². The summed E-state index contributed by atoms with van der Waals surface area (Å²) in [5.74, 6) is 0. The summed E-state index contributed by atoms with van der Waals surface area (Å²) in [4.78, 5) is 0. The molecule has 1 aromatic carbocycles. The second kappa shape index (κ2) is 6.66. The smallest absolute Gasteiger partial charge is 0.0443 e. The van der Waals surface area contributed by atoms with Crippen LogP contribution in [-0.2, 0) is 6.42 Å². The number of nitrogens with one attached hydrogen (secondary N) is 1. The molecule has 0 aliphatic rings. The number of hydrogen-bond donors (Lipinski definition) is 2. The maximum absolute atomic E-state index is 8.73. The highest BCUT2D eigenvalue weighted by molar-refractivity contribution is 5.15. The standard InChI is InChI=1S/C14H23NO/c1-14(2,15-11-6-12-16)10-9-13-7-4-3-5-8-13/h3-5,7-8,15-16H,6,9-12H2,1-2H3. The molecule has 0 unspecified atom stereocenters. The van der Waals surface area contributed by atoms with E-state index in [4.69, 9.17) is 5.11 Å². The Bertz CT molecular complexity index is 282. The molecule has 0 fully saturated rings. The van der Waals surface area contributed by atoms with Gasteiger partial charge in [-0.05, 0) is 45.2 Å². The van der Waals surface area contributed by atoms with E-state index in [0.29, 0.717) is 0 Å². The molecule has 0 atom stereocenters. The van der Waals surface area contributed by atoms with Crippen molar-refractivity contribution < 1.29 is 5.11 Å². The molecular formula is C14H23NO. The van der Waals surface area contributed by atoms with E-state index >= 15 is 0 Å². The summed E-state index contributed by atoms with van der Waals surface area (Å²) in [7, 11) is 0. The van der Waals surface area contributed by atoms with Gasteiger partial charge in [-0.2, -0.15) is 0 Å². The Balaban J connectivity index is 2.30. The van der Waals surface area contributed by atoms with Crippen molar-refractivity contribution in [3.63, 3.8) is 0 Å². The van der Waals surface area contributed by atoms with Crippen LogP contribution >= 0.6 is 0 Å². The molecule has 0 heterocycles. The second-order valence-electron chi connectivity index (χ2n) is 4.87. The highest BCUT2D eigenvalue weighted by atomic mass is 16.3. The SMILES string of the molecule is CC(C)(CCc1ccccc1)NCCCO. The molecule has 0 aliphatic carbocycles. The molecule has 1 aromatic rings. The molecule has 16 heavy (non-hydrogen) atoms. The topological polar surface area (TPSA) is 32.3 Å². The lowest BCUT2D eigenvalue weighted by Gasteiger charge is -2.26. The first-order valence-electron chi connectivity index (χ1n) is 6.04. The number of aliphatic hydroxyl groups excluding tert-OH is 1. The molecule has 2 heteroatoms. The second-order valence-corrected chi connectivity index (χ2v) is 4.87. The average molecular weight is 221 g/mol. The van der Waals surface area contributed by atoms with Gasteiger partial charge in [-0.15, -0.1) is 0 Å². The molecule has 2 nitrogen and oxygen atoms in total. The number of hydrogen-bond acceptors (Lipinski definition) is 2. The van der Waals surface area contributed by atoms with E-state index in [2.05, 4.69) is 43.4 Å². The van der Waals surface area contributed by atoms with E-state index in [-0.39, 0.29) is 12.1 Å². The van der Waals surface area contributed by atoms with Crippen molar-refractivity contribution in [2.24, 2.45) is 0 Å². The first-order valence-corrected chi connectivity index (χ1v) is 6.04. The first-order chi connectivity index (χ1) is 7.64. The molecule has 1 rings (SSSR count). The monoisotopic (exact) mass is 221 g/mol. The molecule has 0 bridgehead atoms. The van der Waals surface area contributed by atoms with Crippen molar-refractivity contribution in [2.45, 2.75) is 38.6 Å². The van der Waals surface area contributed by atoms with Gasteiger partial charge >= 0.3 is 0 Å². The molecule has 90 valence electrons. The fraction of sp³-hybridized carbons (Fsp3) is 0.571. The lowest BCUT2D eigenvalue weighted by atomic mass is 9.95. The van der Waals surface area contributed by atoms with Gasteiger partial charge in [0.25, 0.3) is 0 Å². The third kappa shape index (κ3) is 5.29. The van der Waals surface area contributed by atoms with Crippen LogP contribution in [0.5, 0.6) is 0 Å². The largest absolute Gasteiger partial charge is 0.396 e. The fourth-order valence-electron chi connectivity index (χ4n) is 1.70. The number of benzene rings is 1. The first kappa shape index (κ1) is 13.2. The predicted octanol–water partition coefficient (Wildman–Crippen LogP) is 2.37. The van der Waals surface area contributed by atoms with Crippen LogP contribution in [0.15, 0.2) is 30.3 Å². The van der Waals surface area contributed by atoms with Gasteiger partial charge in [-0.1, -0.05) is 30.3 Å². The van der Waals surface area contributed by atoms with Crippen LogP contribution in [0, 0.1) is 0 Å². The molecular weight excluding hydrogens is 198 g/mol. The summed E-state index contributed by atoms with van der Waals surface area (Å²) < 4.78 is 0. The average Bonchev–Trinajstić information content (AvgIpc) is 2.28. The van der Waals surface area contributed by atoms with Crippen molar-refractivity contribution in [2.75, 3.05) is 13.2 Å². The van der Waals surface area contributed by atoms with E-state index < -0.39 is 0 Å². The van der Waals surface area contributed by atoms with Crippen molar-refractivity contribution in [1.82, 2.24) is 5.32 Å². The molecule has 0 aromatic heterocycles. The van der Waals surface area contributed by atoms with Gasteiger partial charge in [-0.25, -0.2) is 0 Å². The number of aliphatic hydroxyl groups is 1. The predicted molar refractivity (Wildman–Crippen MR) is 68.5 cm³/mol. The van der Waals surface area contributed by atoms with E-state index in [9.17, 15) is 0 Å². The van der Waals surface area contributed by atoms with Gasteiger partial charge < -0.3 is 10.4 Å². The van der Waals surface area contributed by atoms with Crippen LogP contribution in [0.3, 0.4) is 0 Å². The maximum atomic E-state index is 8.73. The third-order valence-electron chi connectivity index (χ3n) is 2.82. The molecule has 0 amide bonds. The van der Waals surface area contributed by atoms with Crippen LogP contribution in [0.4, 0.5) is 0 Å². The lowest BCUT2D eigenvalue weighted by Crippen LogP contribution is -2.40. The van der Waals surface area contributed by atoms with E-state index in [0.717, 1.165) is 25.8 Å². The normalized spacial score (nSPS) is 11.7. The number of aryl methyl sites for hydroxylation is 1. The quantitative estimate of drug-likeness (QED) is 0.693. The number of rotatable bonds is 7. The van der Waals surface area contributed by atoms with Crippen molar-refractivity contribution in [3.8, 4) is 0 Å². The van der Waals surface area contributed by atoms with Gasteiger partial charge in [0.1, 0.15) is 0 Å². The Labute approximate surface area is 98.7 Å². The van der Waals surface area contributed by atoms with Gasteiger partial charge in [-0.3, -0.25) is 0 Å². The van der Waals surface area contributed by atoms with E-state index in [1.165, 1.54) is 5.56 Å². The minimum absolute atomic E-state index is 0.144. The third-order valence-corrected chi connectivity index (χ3v) is 2.82. The zero-order chi connectivity index (χ0) is 11.9. The van der Waals surface area contributed by atoms with E-state index in [1.54, 1.807) is 0 Å². The minimum atomic E-state index is 0.144. The zero-order valence-electron chi connectivity index (χ0n) is 10.4. The van der Waals surface area contributed by atoms with Crippen LogP contribution < -0.4 is 5.32 Å². The molecule has 0 radical (unpaired) electrons. The highest BCUT2D eigenvalue weighted by Crippen LogP contribution is 2.13. The Hall–Kier alpha value is -0.860. The Morgan fingerprint density at radius 1 is 1.19 bits per heavy atom. The van der Waals surface area contributed by atoms with Crippen LogP contribution in [0.1, 0.15) is 32.3 Å². The Morgan fingerprint density at radius 3 is 2.50 bits per heavy atom. The summed E-state index contributed by atoms with van der Waals surface area (Å²) in [6, 6.07) is 10.6. The highest BCUT2D eigenvalue weighted by Gasteiger charge is 2.15. The molecule has 0 saturated carbocycles.